The highest BCUT2D eigenvalue weighted by molar-refractivity contribution is 5.76. The molecule has 28 heavy (non-hydrogen) atoms. The van der Waals surface area contributed by atoms with Gasteiger partial charge in [-0.2, -0.15) is 5.10 Å². The first-order valence-corrected chi connectivity index (χ1v) is 10.2. The molecule has 2 aromatic rings. The molecule has 0 saturated carbocycles. The highest BCUT2D eigenvalue weighted by Gasteiger charge is 2.29. The lowest BCUT2D eigenvalue weighted by molar-refractivity contribution is -0.135. The number of carbonyl (C=O) groups excluding carboxylic acids is 1. The van der Waals surface area contributed by atoms with Gasteiger partial charge < -0.3 is 9.80 Å². The van der Waals surface area contributed by atoms with E-state index in [4.69, 9.17) is 5.10 Å². The number of aromatic nitrogens is 2. The minimum atomic E-state index is -0.222. The Balaban J connectivity index is 1.62. The summed E-state index contributed by atoms with van der Waals surface area (Å²) < 4.78 is 14.9. The summed E-state index contributed by atoms with van der Waals surface area (Å²) in [7, 11) is 6.06. The minimum absolute atomic E-state index is 0.0779. The fraction of sp³-hybridized carbons (Fsp3) is 0.545. The van der Waals surface area contributed by atoms with Gasteiger partial charge in [-0.3, -0.25) is 9.48 Å². The monoisotopic (exact) mass is 386 g/mol. The van der Waals surface area contributed by atoms with Crippen LogP contribution in [0.5, 0.6) is 0 Å². The van der Waals surface area contributed by atoms with E-state index in [-0.39, 0.29) is 17.8 Å². The van der Waals surface area contributed by atoms with Gasteiger partial charge in [-0.05, 0) is 70.0 Å². The van der Waals surface area contributed by atoms with E-state index in [1.165, 1.54) is 12.1 Å². The Morgan fingerprint density at radius 2 is 2.00 bits per heavy atom. The normalized spacial score (nSPS) is 17.3. The van der Waals surface area contributed by atoms with Crippen LogP contribution >= 0.6 is 0 Å². The van der Waals surface area contributed by atoms with Crippen LogP contribution in [0.2, 0.25) is 0 Å². The number of hydrogen-bond acceptors (Lipinski definition) is 3. The summed E-state index contributed by atoms with van der Waals surface area (Å²) >= 11 is 0. The van der Waals surface area contributed by atoms with E-state index in [0.29, 0.717) is 6.42 Å². The molecule has 152 valence electrons. The van der Waals surface area contributed by atoms with Crippen LogP contribution in [-0.2, 0) is 24.8 Å². The summed E-state index contributed by atoms with van der Waals surface area (Å²) in [4.78, 5) is 17.1. The number of hydrogen-bond donors (Lipinski definition) is 0. The van der Waals surface area contributed by atoms with Crippen molar-refractivity contribution in [1.82, 2.24) is 19.6 Å². The van der Waals surface area contributed by atoms with Crippen molar-refractivity contribution in [3.8, 4) is 0 Å². The van der Waals surface area contributed by atoms with E-state index in [0.717, 1.165) is 62.1 Å². The van der Waals surface area contributed by atoms with E-state index < -0.39 is 0 Å². The maximum Gasteiger partial charge on any atom is 0.223 e. The van der Waals surface area contributed by atoms with Crippen LogP contribution in [0, 0.1) is 5.82 Å². The standard InChI is InChI=1S/C22H31FN4O/c1-25(2)16-19-15-20(24-26(19)3)21-8-4-5-14-27(21)22(28)9-6-7-17-10-12-18(23)13-11-17/h10-13,15,21H,4-9,14,16H2,1-3H3. The molecule has 0 N–H and O–H groups in total. The number of rotatable bonds is 7. The topological polar surface area (TPSA) is 41.4 Å². The molecule has 1 saturated heterocycles. The second kappa shape index (κ2) is 9.32. The first-order chi connectivity index (χ1) is 13.4. The van der Waals surface area contributed by atoms with Gasteiger partial charge >= 0.3 is 0 Å². The Hall–Kier alpha value is -2.21. The summed E-state index contributed by atoms with van der Waals surface area (Å²) in [5, 5.41) is 4.72. The molecule has 0 bridgehead atoms. The zero-order valence-electron chi connectivity index (χ0n) is 17.2. The van der Waals surface area contributed by atoms with Gasteiger partial charge in [0, 0.05) is 26.6 Å². The third kappa shape index (κ3) is 5.19. The van der Waals surface area contributed by atoms with E-state index >= 15 is 0 Å². The SMILES string of the molecule is CN(C)Cc1cc(C2CCCCN2C(=O)CCCc2ccc(F)cc2)nn1C. The van der Waals surface area contributed by atoms with Crippen LogP contribution in [0.1, 0.15) is 55.1 Å². The van der Waals surface area contributed by atoms with Gasteiger partial charge in [-0.15, -0.1) is 0 Å². The van der Waals surface area contributed by atoms with E-state index in [1.54, 1.807) is 12.1 Å². The number of nitrogens with zero attached hydrogens (tertiary/aromatic N) is 4. The van der Waals surface area contributed by atoms with E-state index in [1.807, 2.05) is 30.7 Å². The van der Waals surface area contributed by atoms with Crippen molar-refractivity contribution < 1.29 is 9.18 Å². The number of amides is 1. The molecular weight excluding hydrogens is 355 g/mol. The molecule has 3 rings (SSSR count). The van der Waals surface area contributed by atoms with Crippen molar-refractivity contribution in [3.05, 3.63) is 53.1 Å². The van der Waals surface area contributed by atoms with Gasteiger partial charge in [-0.1, -0.05) is 12.1 Å². The number of benzene rings is 1. The first-order valence-electron chi connectivity index (χ1n) is 10.2. The van der Waals surface area contributed by atoms with Gasteiger partial charge in [-0.25, -0.2) is 4.39 Å². The number of piperidine rings is 1. The molecule has 1 fully saturated rings. The second-order valence-corrected chi connectivity index (χ2v) is 8.00. The lowest BCUT2D eigenvalue weighted by Crippen LogP contribution is -2.38. The smallest absolute Gasteiger partial charge is 0.223 e. The van der Waals surface area contributed by atoms with Gasteiger partial charge in [0.25, 0.3) is 0 Å². The zero-order chi connectivity index (χ0) is 20.1. The molecule has 1 aromatic heterocycles. The van der Waals surface area contributed by atoms with Crippen LogP contribution in [0.4, 0.5) is 4.39 Å². The van der Waals surface area contributed by atoms with Crippen LogP contribution in [0.15, 0.2) is 30.3 Å². The van der Waals surface area contributed by atoms with Crippen LogP contribution in [-0.4, -0.2) is 46.1 Å². The number of aryl methyl sites for hydroxylation is 2. The molecule has 1 unspecified atom stereocenters. The number of likely N-dealkylation sites (tertiary alicyclic amines) is 1. The number of halogens is 1. The van der Waals surface area contributed by atoms with Crippen molar-refractivity contribution in [1.29, 1.82) is 0 Å². The molecule has 0 spiro atoms. The van der Waals surface area contributed by atoms with Crippen molar-refractivity contribution >= 4 is 5.91 Å². The Bertz CT molecular complexity index is 784. The van der Waals surface area contributed by atoms with Gasteiger partial charge in [0.15, 0.2) is 0 Å². The lowest BCUT2D eigenvalue weighted by Gasteiger charge is -2.35. The molecule has 0 aliphatic carbocycles. The summed E-state index contributed by atoms with van der Waals surface area (Å²) in [5.74, 6) is -0.0217. The maximum absolute atomic E-state index is 13.0. The van der Waals surface area contributed by atoms with Gasteiger partial charge in [0.05, 0.1) is 17.4 Å². The molecule has 1 aliphatic heterocycles. The van der Waals surface area contributed by atoms with Crippen molar-refractivity contribution in [2.45, 2.75) is 51.1 Å². The van der Waals surface area contributed by atoms with Crippen molar-refractivity contribution in [3.63, 3.8) is 0 Å². The lowest BCUT2D eigenvalue weighted by atomic mass is 9.98. The first kappa shape index (κ1) is 20.5. The molecule has 1 aliphatic rings. The van der Waals surface area contributed by atoms with Gasteiger partial charge in [0.1, 0.15) is 5.82 Å². The summed E-state index contributed by atoms with van der Waals surface area (Å²) in [6, 6.07) is 8.77. The molecule has 0 radical (unpaired) electrons. The van der Waals surface area contributed by atoms with Crippen molar-refractivity contribution in [2.75, 3.05) is 20.6 Å². The highest BCUT2D eigenvalue weighted by atomic mass is 19.1. The predicted molar refractivity (Wildman–Crippen MR) is 108 cm³/mol. The molecule has 1 amide bonds. The van der Waals surface area contributed by atoms with Crippen LogP contribution in [0.25, 0.3) is 0 Å². The Morgan fingerprint density at radius 3 is 2.71 bits per heavy atom. The fourth-order valence-corrected chi connectivity index (χ4v) is 3.94. The summed E-state index contributed by atoms with van der Waals surface area (Å²) in [6.07, 6.45) is 5.25. The van der Waals surface area contributed by atoms with E-state index in [9.17, 15) is 9.18 Å². The number of carbonyl (C=O) groups is 1. The average Bonchev–Trinajstić information content (AvgIpc) is 3.03. The van der Waals surface area contributed by atoms with E-state index in [2.05, 4.69) is 11.0 Å². The van der Waals surface area contributed by atoms with Crippen molar-refractivity contribution in [2.24, 2.45) is 7.05 Å². The summed E-state index contributed by atoms with van der Waals surface area (Å²) in [6.45, 7) is 1.64. The maximum atomic E-state index is 13.0. The Morgan fingerprint density at radius 1 is 1.25 bits per heavy atom. The third-order valence-electron chi connectivity index (χ3n) is 5.41. The molecular formula is C22H31FN4O. The average molecular weight is 387 g/mol. The van der Waals surface area contributed by atoms with Crippen LogP contribution < -0.4 is 0 Å². The predicted octanol–water partition coefficient (Wildman–Crippen LogP) is 3.70. The minimum Gasteiger partial charge on any atom is -0.334 e. The molecule has 5 nitrogen and oxygen atoms in total. The highest BCUT2D eigenvalue weighted by Crippen LogP contribution is 2.31. The molecule has 2 heterocycles. The fourth-order valence-electron chi connectivity index (χ4n) is 3.94. The Kier molecular flexibility index (Phi) is 6.83. The molecule has 1 atom stereocenters. The quantitative estimate of drug-likeness (QED) is 0.729. The largest absolute Gasteiger partial charge is 0.334 e. The Labute approximate surface area is 167 Å². The second-order valence-electron chi connectivity index (χ2n) is 8.00. The zero-order valence-corrected chi connectivity index (χ0v) is 17.2. The van der Waals surface area contributed by atoms with Gasteiger partial charge in [0.2, 0.25) is 5.91 Å². The third-order valence-corrected chi connectivity index (χ3v) is 5.41. The summed E-state index contributed by atoms with van der Waals surface area (Å²) in [5.41, 5.74) is 3.24. The molecule has 6 heteroatoms. The van der Waals surface area contributed by atoms with Crippen LogP contribution in [0.3, 0.4) is 0 Å². The molecule has 1 aromatic carbocycles.